The summed E-state index contributed by atoms with van der Waals surface area (Å²) in [6.45, 7) is 5.89. The van der Waals surface area contributed by atoms with Crippen LogP contribution >= 0.6 is 0 Å². The van der Waals surface area contributed by atoms with Gasteiger partial charge in [-0.3, -0.25) is 0 Å². The molecule has 1 rings (SSSR count). The standard InChI is InChI=1S/C11H15N3O/c1-8-4-5-14-10(9(8)6-12)15-7-11(2,3)13/h4-5H,7,13H2,1-3H3. The quantitative estimate of drug-likeness (QED) is 0.809. The number of nitriles is 1. The Kier molecular flexibility index (Phi) is 3.28. The zero-order valence-corrected chi connectivity index (χ0v) is 9.24. The smallest absolute Gasteiger partial charge is 0.231 e. The Balaban J connectivity index is 2.87. The van der Waals surface area contributed by atoms with Crippen molar-refractivity contribution in [3.8, 4) is 11.9 Å². The molecule has 80 valence electrons. The van der Waals surface area contributed by atoms with Gasteiger partial charge in [0.2, 0.25) is 5.88 Å². The van der Waals surface area contributed by atoms with E-state index in [0.29, 0.717) is 18.1 Å². The second kappa shape index (κ2) is 4.28. The fourth-order valence-electron chi connectivity index (χ4n) is 1.03. The van der Waals surface area contributed by atoms with Gasteiger partial charge in [0, 0.05) is 11.7 Å². The van der Waals surface area contributed by atoms with E-state index >= 15 is 0 Å². The maximum Gasteiger partial charge on any atom is 0.231 e. The molecule has 0 aliphatic heterocycles. The number of aromatic nitrogens is 1. The van der Waals surface area contributed by atoms with Gasteiger partial charge in [-0.25, -0.2) is 4.98 Å². The minimum absolute atomic E-state index is 0.331. The van der Waals surface area contributed by atoms with Crippen molar-refractivity contribution in [2.24, 2.45) is 5.73 Å². The topological polar surface area (TPSA) is 71.9 Å². The van der Waals surface area contributed by atoms with Gasteiger partial charge in [-0.15, -0.1) is 0 Å². The third-order valence-electron chi connectivity index (χ3n) is 1.82. The summed E-state index contributed by atoms with van der Waals surface area (Å²) >= 11 is 0. The summed E-state index contributed by atoms with van der Waals surface area (Å²) in [5.74, 6) is 0.357. The van der Waals surface area contributed by atoms with E-state index in [-0.39, 0.29) is 0 Å². The Bertz CT molecular complexity index is 388. The third kappa shape index (κ3) is 3.22. The predicted molar refractivity (Wildman–Crippen MR) is 57.5 cm³/mol. The van der Waals surface area contributed by atoms with Gasteiger partial charge in [0.05, 0.1) is 0 Å². The lowest BCUT2D eigenvalue weighted by atomic mass is 10.1. The molecular formula is C11H15N3O. The number of aryl methyl sites for hydroxylation is 1. The molecular weight excluding hydrogens is 190 g/mol. The number of hydrogen-bond donors (Lipinski definition) is 1. The number of nitrogens with two attached hydrogens (primary N) is 1. The lowest BCUT2D eigenvalue weighted by molar-refractivity contribution is 0.234. The first kappa shape index (κ1) is 11.5. The van der Waals surface area contributed by atoms with Crippen LogP contribution in [0.25, 0.3) is 0 Å². The number of nitrogens with zero attached hydrogens (tertiary/aromatic N) is 2. The molecule has 0 atom stereocenters. The van der Waals surface area contributed by atoms with E-state index in [0.717, 1.165) is 5.56 Å². The highest BCUT2D eigenvalue weighted by Gasteiger charge is 2.14. The van der Waals surface area contributed by atoms with Gasteiger partial charge in [0.25, 0.3) is 0 Å². The molecule has 2 N–H and O–H groups in total. The zero-order valence-electron chi connectivity index (χ0n) is 9.24. The van der Waals surface area contributed by atoms with Gasteiger partial charge in [-0.05, 0) is 32.4 Å². The van der Waals surface area contributed by atoms with Crippen molar-refractivity contribution >= 4 is 0 Å². The molecule has 1 aromatic rings. The van der Waals surface area contributed by atoms with Crippen molar-refractivity contribution in [1.82, 2.24) is 4.98 Å². The van der Waals surface area contributed by atoms with E-state index in [4.69, 9.17) is 15.7 Å². The first-order chi connectivity index (χ1) is 6.94. The van der Waals surface area contributed by atoms with Crippen LogP contribution in [0.3, 0.4) is 0 Å². The van der Waals surface area contributed by atoms with Gasteiger partial charge in [-0.1, -0.05) is 0 Å². The average Bonchev–Trinajstić information content (AvgIpc) is 2.13. The summed E-state index contributed by atoms with van der Waals surface area (Å²) < 4.78 is 5.41. The molecule has 0 spiro atoms. The monoisotopic (exact) mass is 205 g/mol. The lowest BCUT2D eigenvalue weighted by Crippen LogP contribution is -2.38. The van der Waals surface area contributed by atoms with E-state index in [9.17, 15) is 0 Å². The van der Waals surface area contributed by atoms with Crippen LogP contribution in [-0.2, 0) is 0 Å². The molecule has 0 unspecified atom stereocenters. The molecule has 0 fully saturated rings. The van der Waals surface area contributed by atoms with E-state index in [1.54, 1.807) is 12.3 Å². The molecule has 4 heteroatoms. The highest BCUT2D eigenvalue weighted by atomic mass is 16.5. The third-order valence-corrected chi connectivity index (χ3v) is 1.82. The predicted octanol–water partition coefficient (Wildman–Crippen LogP) is 1.38. The summed E-state index contributed by atoms with van der Waals surface area (Å²) in [6.07, 6.45) is 1.62. The SMILES string of the molecule is Cc1ccnc(OCC(C)(C)N)c1C#N. The molecule has 0 saturated carbocycles. The van der Waals surface area contributed by atoms with Crippen LogP contribution in [0, 0.1) is 18.3 Å². The molecule has 0 aromatic carbocycles. The molecule has 0 radical (unpaired) electrons. The first-order valence-corrected chi connectivity index (χ1v) is 4.71. The second-order valence-corrected chi connectivity index (χ2v) is 4.20. The van der Waals surface area contributed by atoms with Gasteiger partial charge in [0.15, 0.2) is 0 Å². The lowest BCUT2D eigenvalue weighted by Gasteiger charge is -2.19. The van der Waals surface area contributed by atoms with E-state index < -0.39 is 5.54 Å². The van der Waals surface area contributed by atoms with Crippen LogP contribution in [0.1, 0.15) is 25.0 Å². The summed E-state index contributed by atoms with van der Waals surface area (Å²) in [4.78, 5) is 4.01. The van der Waals surface area contributed by atoms with Crippen molar-refractivity contribution in [2.75, 3.05) is 6.61 Å². The fourth-order valence-corrected chi connectivity index (χ4v) is 1.03. The van der Waals surface area contributed by atoms with Crippen molar-refractivity contribution in [1.29, 1.82) is 5.26 Å². The van der Waals surface area contributed by atoms with Crippen molar-refractivity contribution < 1.29 is 4.74 Å². The van der Waals surface area contributed by atoms with Crippen LogP contribution in [-0.4, -0.2) is 17.1 Å². The Morgan fingerprint density at radius 2 is 2.27 bits per heavy atom. The average molecular weight is 205 g/mol. The Morgan fingerprint density at radius 1 is 1.60 bits per heavy atom. The molecule has 1 heterocycles. The Hall–Kier alpha value is -1.60. The summed E-state index contributed by atoms with van der Waals surface area (Å²) in [7, 11) is 0. The molecule has 0 aliphatic carbocycles. The largest absolute Gasteiger partial charge is 0.475 e. The summed E-state index contributed by atoms with van der Waals surface area (Å²) in [5.41, 5.74) is 6.68. The number of rotatable bonds is 3. The maximum atomic E-state index is 8.93. The normalized spacial score (nSPS) is 10.9. The van der Waals surface area contributed by atoms with Gasteiger partial charge in [-0.2, -0.15) is 5.26 Å². The Labute approximate surface area is 89.7 Å². The molecule has 0 amide bonds. The van der Waals surface area contributed by atoms with Crippen molar-refractivity contribution in [2.45, 2.75) is 26.3 Å². The van der Waals surface area contributed by atoms with Crippen LogP contribution in [0.4, 0.5) is 0 Å². The molecule has 1 aromatic heterocycles. The maximum absolute atomic E-state index is 8.93. The van der Waals surface area contributed by atoms with Gasteiger partial charge in [0.1, 0.15) is 18.2 Å². The number of pyridine rings is 1. The van der Waals surface area contributed by atoms with Gasteiger partial charge < -0.3 is 10.5 Å². The minimum Gasteiger partial charge on any atom is -0.475 e. The van der Waals surface area contributed by atoms with E-state index in [1.165, 1.54) is 0 Å². The molecule has 15 heavy (non-hydrogen) atoms. The first-order valence-electron chi connectivity index (χ1n) is 4.71. The fraction of sp³-hybridized carbons (Fsp3) is 0.455. The van der Waals surface area contributed by atoms with Crippen LogP contribution in [0.2, 0.25) is 0 Å². The zero-order chi connectivity index (χ0) is 11.5. The molecule has 0 aliphatic rings. The molecule has 0 saturated heterocycles. The number of ether oxygens (including phenoxy) is 1. The van der Waals surface area contributed by atoms with E-state index in [1.807, 2.05) is 20.8 Å². The highest BCUT2D eigenvalue weighted by molar-refractivity contribution is 5.43. The van der Waals surface area contributed by atoms with Crippen LogP contribution in [0.5, 0.6) is 5.88 Å². The van der Waals surface area contributed by atoms with Crippen LogP contribution in [0.15, 0.2) is 12.3 Å². The van der Waals surface area contributed by atoms with Crippen molar-refractivity contribution in [3.05, 3.63) is 23.4 Å². The number of hydrogen-bond acceptors (Lipinski definition) is 4. The molecule has 0 bridgehead atoms. The minimum atomic E-state index is -0.432. The van der Waals surface area contributed by atoms with E-state index in [2.05, 4.69) is 11.1 Å². The van der Waals surface area contributed by atoms with Crippen LogP contribution < -0.4 is 10.5 Å². The summed E-state index contributed by atoms with van der Waals surface area (Å²) in [6, 6.07) is 3.85. The Morgan fingerprint density at radius 3 is 2.80 bits per heavy atom. The van der Waals surface area contributed by atoms with Crippen molar-refractivity contribution in [3.63, 3.8) is 0 Å². The highest BCUT2D eigenvalue weighted by Crippen LogP contribution is 2.18. The second-order valence-electron chi connectivity index (χ2n) is 4.20. The summed E-state index contributed by atoms with van der Waals surface area (Å²) in [5, 5.41) is 8.93. The molecule has 4 nitrogen and oxygen atoms in total. The van der Waals surface area contributed by atoms with Gasteiger partial charge >= 0.3 is 0 Å².